The Labute approximate surface area is 73.6 Å². The van der Waals surface area contributed by atoms with Crippen molar-refractivity contribution in [1.82, 2.24) is 9.55 Å². The highest BCUT2D eigenvalue weighted by Crippen LogP contribution is 2.34. The van der Waals surface area contributed by atoms with Gasteiger partial charge in [0.05, 0.1) is 0 Å². The van der Waals surface area contributed by atoms with Gasteiger partial charge in [0, 0.05) is 18.4 Å². The van der Waals surface area contributed by atoms with E-state index in [1.807, 2.05) is 6.20 Å². The Bertz CT molecular complexity index is 265. The van der Waals surface area contributed by atoms with E-state index in [0.717, 1.165) is 17.8 Å². The van der Waals surface area contributed by atoms with E-state index in [1.54, 1.807) is 0 Å². The van der Waals surface area contributed by atoms with Crippen LogP contribution in [-0.4, -0.2) is 9.55 Å². The van der Waals surface area contributed by atoms with E-state index < -0.39 is 0 Å². The summed E-state index contributed by atoms with van der Waals surface area (Å²) in [5, 5.41) is 0. The lowest BCUT2D eigenvalue weighted by atomic mass is 10.1. The Balaban J connectivity index is 2.16. The van der Waals surface area contributed by atoms with Crippen LogP contribution < -0.4 is 0 Å². The molecule has 2 nitrogen and oxygen atoms in total. The molecule has 0 bridgehead atoms. The van der Waals surface area contributed by atoms with E-state index in [2.05, 4.69) is 29.6 Å². The van der Waals surface area contributed by atoms with Crippen LogP contribution in [-0.2, 0) is 0 Å². The molecule has 12 heavy (non-hydrogen) atoms. The van der Waals surface area contributed by atoms with Gasteiger partial charge in [0.2, 0.25) is 0 Å². The summed E-state index contributed by atoms with van der Waals surface area (Å²) in [6.07, 6.45) is 8.05. The SMILES string of the molecule is Cc1nccn1C1CCC(C)C1. The topological polar surface area (TPSA) is 17.8 Å². The van der Waals surface area contributed by atoms with Crippen molar-refractivity contribution in [2.45, 2.75) is 39.2 Å². The Kier molecular flexibility index (Phi) is 1.91. The standard InChI is InChI=1S/C10H16N2/c1-8-3-4-10(7-8)12-6-5-11-9(12)2/h5-6,8,10H,3-4,7H2,1-2H3. The van der Waals surface area contributed by atoms with Crippen LogP contribution in [0.25, 0.3) is 0 Å². The molecule has 2 atom stereocenters. The molecule has 1 aliphatic rings. The maximum absolute atomic E-state index is 4.25. The molecule has 0 spiro atoms. The molecule has 0 aromatic carbocycles. The molecule has 0 radical (unpaired) electrons. The zero-order valence-corrected chi connectivity index (χ0v) is 7.83. The monoisotopic (exact) mass is 164 g/mol. The second-order valence-corrected chi connectivity index (χ2v) is 3.95. The predicted molar refractivity (Wildman–Crippen MR) is 49.0 cm³/mol. The van der Waals surface area contributed by atoms with Gasteiger partial charge in [0.25, 0.3) is 0 Å². The summed E-state index contributed by atoms with van der Waals surface area (Å²) in [7, 11) is 0. The third-order valence-corrected chi connectivity index (χ3v) is 2.92. The highest BCUT2D eigenvalue weighted by molar-refractivity contribution is 4.94. The predicted octanol–water partition coefficient (Wildman–Crippen LogP) is 2.55. The Morgan fingerprint density at radius 2 is 2.33 bits per heavy atom. The zero-order valence-electron chi connectivity index (χ0n) is 7.83. The van der Waals surface area contributed by atoms with Gasteiger partial charge < -0.3 is 4.57 Å². The summed E-state index contributed by atoms with van der Waals surface area (Å²) in [6.45, 7) is 4.43. The summed E-state index contributed by atoms with van der Waals surface area (Å²) in [4.78, 5) is 4.25. The van der Waals surface area contributed by atoms with Crippen molar-refractivity contribution in [1.29, 1.82) is 0 Å². The van der Waals surface area contributed by atoms with E-state index in [1.165, 1.54) is 19.3 Å². The second kappa shape index (κ2) is 2.92. The first-order valence-electron chi connectivity index (χ1n) is 4.77. The van der Waals surface area contributed by atoms with E-state index in [0.29, 0.717) is 0 Å². The highest BCUT2D eigenvalue weighted by Gasteiger charge is 2.22. The maximum Gasteiger partial charge on any atom is 0.105 e. The summed E-state index contributed by atoms with van der Waals surface area (Å²) in [5.41, 5.74) is 0. The molecule has 66 valence electrons. The molecule has 1 aromatic heterocycles. The summed E-state index contributed by atoms with van der Waals surface area (Å²) < 4.78 is 2.32. The molecule has 1 aromatic rings. The van der Waals surface area contributed by atoms with Gasteiger partial charge in [-0.05, 0) is 32.1 Å². The quantitative estimate of drug-likeness (QED) is 0.623. The third-order valence-electron chi connectivity index (χ3n) is 2.92. The molecule has 1 aliphatic carbocycles. The number of nitrogens with zero attached hydrogens (tertiary/aromatic N) is 2. The molecule has 0 aliphatic heterocycles. The molecule has 2 rings (SSSR count). The summed E-state index contributed by atoms with van der Waals surface area (Å²) >= 11 is 0. The normalized spacial score (nSPS) is 29.5. The summed E-state index contributed by atoms with van der Waals surface area (Å²) in [6, 6.07) is 0.725. The lowest BCUT2D eigenvalue weighted by Gasteiger charge is -2.12. The number of hydrogen-bond donors (Lipinski definition) is 0. The van der Waals surface area contributed by atoms with Crippen LogP contribution >= 0.6 is 0 Å². The molecule has 0 N–H and O–H groups in total. The molecule has 2 unspecified atom stereocenters. The minimum absolute atomic E-state index is 0.725. The zero-order chi connectivity index (χ0) is 8.55. The van der Waals surface area contributed by atoms with Crippen molar-refractivity contribution in [2.75, 3.05) is 0 Å². The van der Waals surface area contributed by atoms with E-state index in [-0.39, 0.29) is 0 Å². The number of rotatable bonds is 1. The minimum Gasteiger partial charge on any atom is -0.332 e. The van der Waals surface area contributed by atoms with Gasteiger partial charge in [-0.1, -0.05) is 6.92 Å². The average Bonchev–Trinajstić information content (AvgIpc) is 2.58. The lowest BCUT2D eigenvalue weighted by Crippen LogP contribution is -2.05. The van der Waals surface area contributed by atoms with Gasteiger partial charge in [0.1, 0.15) is 5.82 Å². The van der Waals surface area contributed by atoms with Gasteiger partial charge in [0.15, 0.2) is 0 Å². The fourth-order valence-corrected chi connectivity index (χ4v) is 2.20. The highest BCUT2D eigenvalue weighted by atomic mass is 15.1. The van der Waals surface area contributed by atoms with Gasteiger partial charge in [-0.3, -0.25) is 0 Å². The van der Waals surface area contributed by atoms with Crippen LogP contribution in [0.4, 0.5) is 0 Å². The van der Waals surface area contributed by atoms with Crippen molar-refractivity contribution in [3.63, 3.8) is 0 Å². The van der Waals surface area contributed by atoms with Crippen LogP contribution in [0.2, 0.25) is 0 Å². The second-order valence-electron chi connectivity index (χ2n) is 3.95. The Morgan fingerprint density at radius 3 is 2.83 bits per heavy atom. The molecule has 1 fully saturated rings. The van der Waals surface area contributed by atoms with E-state index in [4.69, 9.17) is 0 Å². The van der Waals surface area contributed by atoms with Gasteiger partial charge in [-0.15, -0.1) is 0 Å². The van der Waals surface area contributed by atoms with Crippen LogP contribution in [0.15, 0.2) is 12.4 Å². The van der Waals surface area contributed by atoms with E-state index >= 15 is 0 Å². The van der Waals surface area contributed by atoms with Crippen molar-refractivity contribution >= 4 is 0 Å². The molecular weight excluding hydrogens is 148 g/mol. The largest absolute Gasteiger partial charge is 0.332 e. The van der Waals surface area contributed by atoms with Crippen LogP contribution in [0.1, 0.15) is 38.1 Å². The first-order chi connectivity index (χ1) is 5.77. The van der Waals surface area contributed by atoms with Crippen LogP contribution in [0, 0.1) is 12.8 Å². The molecule has 1 saturated carbocycles. The maximum atomic E-state index is 4.25. The Morgan fingerprint density at radius 1 is 1.50 bits per heavy atom. The van der Waals surface area contributed by atoms with Gasteiger partial charge in [-0.25, -0.2) is 4.98 Å². The number of aryl methyl sites for hydroxylation is 1. The van der Waals surface area contributed by atoms with Crippen molar-refractivity contribution < 1.29 is 0 Å². The molecule has 0 saturated heterocycles. The first-order valence-corrected chi connectivity index (χ1v) is 4.77. The smallest absolute Gasteiger partial charge is 0.105 e. The minimum atomic E-state index is 0.725. The third kappa shape index (κ3) is 1.26. The lowest BCUT2D eigenvalue weighted by molar-refractivity contribution is 0.484. The number of imidazole rings is 1. The van der Waals surface area contributed by atoms with Crippen molar-refractivity contribution in [3.8, 4) is 0 Å². The van der Waals surface area contributed by atoms with Crippen molar-refractivity contribution in [3.05, 3.63) is 18.2 Å². The number of hydrogen-bond acceptors (Lipinski definition) is 1. The van der Waals surface area contributed by atoms with Crippen LogP contribution in [0.3, 0.4) is 0 Å². The molecule has 1 heterocycles. The van der Waals surface area contributed by atoms with Crippen molar-refractivity contribution in [2.24, 2.45) is 5.92 Å². The molecular formula is C10H16N2. The molecule has 2 heteroatoms. The average molecular weight is 164 g/mol. The molecule has 0 amide bonds. The summed E-state index contributed by atoms with van der Waals surface area (Å²) in [5.74, 6) is 2.06. The number of aromatic nitrogens is 2. The Hall–Kier alpha value is -0.790. The van der Waals surface area contributed by atoms with Gasteiger partial charge in [-0.2, -0.15) is 0 Å². The first kappa shape index (κ1) is 7.84. The van der Waals surface area contributed by atoms with E-state index in [9.17, 15) is 0 Å². The fraction of sp³-hybridized carbons (Fsp3) is 0.700. The fourth-order valence-electron chi connectivity index (χ4n) is 2.20. The van der Waals surface area contributed by atoms with Gasteiger partial charge >= 0.3 is 0 Å². The van der Waals surface area contributed by atoms with Crippen LogP contribution in [0.5, 0.6) is 0 Å².